The van der Waals surface area contributed by atoms with Gasteiger partial charge in [-0.15, -0.1) is 11.3 Å². The summed E-state index contributed by atoms with van der Waals surface area (Å²) in [5, 5.41) is 11.5. The zero-order valence-electron chi connectivity index (χ0n) is 10.9. The molecule has 1 aromatic heterocycles. The Balaban J connectivity index is 2.42. The molecule has 0 fully saturated rings. The van der Waals surface area contributed by atoms with Crippen LogP contribution in [0.3, 0.4) is 0 Å². The molecule has 0 radical (unpaired) electrons. The van der Waals surface area contributed by atoms with Crippen LogP contribution >= 0.6 is 27.3 Å². The molecule has 0 saturated heterocycles. The van der Waals surface area contributed by atoms with Gasteiger partial charge in [-0.1, -0.05) is 0 Å². The van der Waals surface area contributed by atoms with Gasteiger partial charge in [0.05, 0.1) is 3.79 Å². The van der Waals surface area contributed by atoms with Crippen LogP contribution in [-0.4, -0.2) is 41.1 Å². The average Bonchev–Trinajstić information content (AvgIpc) is 2.71. The van der Waals surface area contributed by atoms with Gasteiger partial charge in [0.1, 0.15) is 6.54 Å². The van der Waals surface area contributed by atoms with Crippen LogP contribution in [0.1, 0.15) is 18.7 Å². The second-order valence-corrected chi connectivity index (χ2v) is 6.85. The smallest absolute Gasteiger partial charge is 0.323 e. The maximum atomic E-state index is 11.9. The van der Waals surface area contributed by atoms with Crippen LogP contribution in [0.2, 0.25) is 0 Å². The number of carboxylic acids is 1. The maximum Gasteiger partial charge on any atom is 0.323 e. The highest BCUT2D eigenvalue weighted by Crippen LogP contribution is 2.22. The highest BCUT2D eigenvalue weighted by Gasteiger charge is 2.19. The number of hydrogen-bond acceptors (Lipinski definition) is 3. The lowest BCUT2D eigenvalue weighted by Crippen LogP contribution is -2.46. The number of carbonyl (C=O) groups excluding carboxylic acids is 1. The number of rotatable bonds is 6. The van der Waals surface area contributed by atoms with E-state index >= 15 is 0 Å². The molecule has 0 aliphatic rings. The molecule has 0 aliphatic carbocycles. The van der Waals surface area contributed by atoms with E-state index in [0.29, 0.717) is 6.54 Å². The van der Waals surface area contributed by atoms with Gasteiger partial charge in [0.2, 0.25) is 0 Å². The molecule has 2 N–H and O–H groups in total. The van der Waals surface area contributed by atoms with Crippen LogP contribution < -0.4 is 5.32 Å². The zero-order chi connectivity index (χ0) is 14.4. The molecule has 0 unspecified atom stereocenters. The van der Waals surface area contributed by atoms with Crippen LogP contribution in [0.25, 0.3) is 0 Å². The Morgan fingerprint density at radius 3 is 2.63 bits per heavy atom. The van der Waals surface area contributed by atoms with Gasteiger partial charge in [0.15, 0.2) is 0 Å². The van der Waals surface area contributed by atoms with Crippen LogP contribution in [0.4, 0.5) is 4.79 Å². The SMILES string of the molecule is CC(C)N(CC(=O)O)C(=O)NCCc1ccc(Br)s1. The van der Waals surface area contributed by atoms with E-state index in [-0.39, 0.29) is 18.6 Å². The molecule has 2 amide bonds. The third-order valence-electron chi connectivity index (χ3n) is 2.47. The number of hydrogen-bond donors (Lipinski definition) is 2. The van der Waals surface area contributed by atoms with E-state index in [1.54, 1.807) is 25.2 Å². The van der Waals surface area contributed by atoms with Crippen molar-refractivity contribution in [1.82, 2.24) is 10.2 Å². The molecular weight excluding hydrogens is 332 g/mol. The van der Waals surface area contributed by atoms with Gasteiger partial charge in [-0.3, -0.25) is 4.79 Å². The first-order valence-corrected chi connectivity index (χ1v) is 7.51. The highest BCUT2D eigenvalue weighted by molar-refractivity contribution is 9.11. The number of amides is 2. The van der Waals surface area contributed by atoms with Gasteiger partial charge in [-0.05, 0) is 48.3 Å². The van der Waals surface area contributed by atoms with Gasteiger partial charge in [-0.2, -0.15) is 0 Å². The standard InChI is InChI=1S/C12H17BrN2O3S/c1-8(2)15(7-11(16)17)12(18)14-6-5-9-3-4-10(13)19-9/h3-4,8H,5-7H2,1-2H3,(H,14,18)(H,16,17). The first-order valence-electron chi connectivity index (χ1n) is 5.90. The van der Waals surface area contributed by atoms with Crippen molar-refractivity contribution < 1.29 is 14.7 Å². The van der Waals surface area contributed by atoms with E-state index in [9.17, 15) is 9.59 Å². The summed E-state index contributed by atoms with van der Waals surface area (Å²) >= 11 is 5.00. The van der Waals surface area contributed by atoms with Gasteiger partial charge < -0.3 is 15.3 Å². The molecule has 7 heteroatoms. The summed E-state index contributed by atoms with van der Waals surface area (Å²) in [5.74, 6) is -1.01. The summed E-state index contributed by atoms with van der Waals surface area (Å²) in [7, 11) is 0. The third-order valence-corrected chi connectivity index (χ3v) is 4.15. The number of carboxylic acid groups (broad SMARTS) is 1. The van der Waals surface area contributed by atoms with Crippen molar-refractivity contribution in [1.29, 1.82) is 0 Å². The summed E-state index contributed by atoms with van der Waals surface area (Å²) in [6.45, 7) is 3.79. The quantitative estimate of drug-likeness (QED) is 0.829. The molecule has 0 saturated carbocycles. The minimum atomic E-state index is -1.01. The predicted octanol–water partition coefficient (Wildman–Crippen LogP) is 2.56. The Morgan fingerprint density at radius 2 is 2.16 bits per heavy atom. The average molecular weight is 349 g/mol. The van der Waals surface area contributed by atoms with Gasteiger partial charge in [0, 0.05) is 17.5 Å². The van der Waals surface area contributed by atoms with Crippen LogP contribution in [-0.2, 0) is 11.2 Å². The summed E-state index contributed by atoms with van der Waals surface area (Å²) in [6, 6.07) is 3.48. The number of nitrogens with one attached hydrogen (secondary N) is 1. The second kappa shape index (κ2) is 7.49. The molecule has 0 spiro atoms. The Morgan fingerprint density at radius 1 is 1.47 bits per heavy atom. The van der Waals surface area contributed by atoms with E-state index < -0.39 is 5.97 Å². The van der Waals surface area contributed by atoms with Crippen molar-refractivity contribution in [2.24, 2.45) is 0 Å². The van der Waals surface area contributed by atoms with Crippen molar-refractivity contribution in [2.45, 2.75) is 26.3 Å². The molecule has 5 nitrogen and oxygen atoms in total. The Bertz CT molecular complexity index is 448. The van der Waals surface area contributed by atoms with Crippen molar-refractivity contribution in [3.8, 4) is 0 Å². The highest BCUT2D eigenvalue weighted by atomic mass is 79.9. The molecule has 0 atom stereocenters. The van der Waals surface area contributed by atoms with Gasteiger partial charge in [-0.25, -0.2) is 4.79 Å². The number of urea groups is 1. The number of carbonyl (C=O) groups is 2. The van der Waals surface area contributed by atoms with E-state index in [1.807, 2.05) is 12.1 Å². The van der Waals surface area contributed by atoms with Gasteiger partial charge >= 0.3 is 12.0 Å². The molecule has 1 heterocycles. The third kappa shape index (κ3) is 5.61. The van der Waals surface area contributed by atoms with Gasteiger partial charge in [0.25, 0.3) is 0 Å². The fraction of sp³-hybridized carbons (Fsp3) is 0.500. The Labute approximate surface area is 124 Å². The number of aliphatic carboxylic acids is 1. The first kappa shape index (κ1) is 16.0. The van der Waals surface area contributed by atoms with E-state index in [0.717, 1.165) is 10.2 Å². The number of halogens is 1. The molecule has 1 rings (SSSR count). The lowest BCUT2D eigenvalue weighted by atomic mass is 10.3. The maximum absolute atomic E-state index is 11.9. The second-order valence-electron chi connectivity index (χ2n) is 4.30. The van der Waals surface area contributed by atoms with E-state index in [4.69, 9.17) is 5.11 Å². The van der Waals surface area contributed by atoms with E-state index in [1.165, 1.54) is 9.78 Å². The Kier molecular flexibility index (Phi) is 6.30. The van der Waals surface area contributed by atoms with Crippen LogP contribution in [0.15, 0.2) is 15.9 Å². The minimum Gasteiger partial charge on any atom is -0.480 e. The van der Waals surface area contributed by atoms with Crippen molar-refractivity contribution in [2.75, 3.05) is 13.1 Å². The topological polar surface area (TPSA) is 69.6 Å². The molecule has 19 heavy (non-hydrogen) atoms. The lowest BCUT2D eigenvalue weighted by Gasteiger charge is -2.25. The largest absolute Gasteiger partial charge is 0.480 e. The molecule has 1 aromatic rings. The number of nitrogens with zero attached hydrogens (tertiary/aromatic N) is 1. The first-order chi connectivity index (χ1) is 8.90. The molecular formula is C12H17BrN2O3S. The van der Waals surface area contributed by atoms with Crippen molar-refractivity contribution in [3.05, 3.63) is 20.8 Å². The molecule has 0 aromatic carbocycles. The fourth-order valence-electron chi connectivity index (χ4n) is 1.51. The lowest BCUT2D eigenvalue weighted by molar-refractivity contribution is -0.138. The summed E-state index contributed by atoms with van der Waals surface area (Å²) in [6.07, 6.45) is 0.737. The number of thiophene rings is 1. The molecule has 0 bridgehead atoms. The minimum absolute atomic E-state index is 0.146. The van der Waals surface area contributed by atoms with E-state index in [2.05, 4.69) is 21.2 Å². The summed E-state index contributed by atoms with van der Waals surface area (Å²) < 4.78 is 1.06. The van der Waals surface area contributed by atoms with Crippen molar-refractivity contribution in [3.63, 3.8) is 0 Å². The summed E-state index contributed by atoms with van der Waals surface area (Å²) in [5.41, 5.74) is 0. The van der Waals surface area contributed by atoms with Crippen molar-refractivity contribution >= 4 is 39.3 Å². The van der Waals surface area contributed by atoms with Crippen LogP contribution in [0, 0.1) is 0 Å². The fourth-order valence-corrected chi connectivity index (χ4v) is 3.00. The molecule has 0 aliphatic heterocycles. The predicted molar refractivity (Wildman–Crippen MR) is 78.6 cm³/mol. The summed E-state index contributed by atoms with van der Waals surface area (Å²) in [4.78, 5) is 25.0. The monoisotopic (exact) mass is 348 g/mol. The normalized spacial score (nSPS) is 10.5. The van der Waals surface area contributed by atoms with Crippen LogP contribution in [0.5, 0.6) is 0 Å². The zero-order valence-corrected chi connectivity index (χ0v) is 13.3. The molecule has 106 valence electrons. The Hall–Kier alpha value is -1.08.